The van der Waals surface area contributed by atoms with Crippen LogP contribution in [0.2, 0.25) is 0 Å². The van der Waals surface area contributed by atoms with Gasteiger partial charge >= 0.3 is 0 Å². The van der Waals surface area contributed by atoms with Crippen LogP contribution in [-0.2, 0) is 0 Å². The van der Waals surface area contributed by atoms with Crippen molar-refractivity contribution in [3.8, 4) is 39.8 Å². The second-order valence-electron chi connectivity index (χ2n) is 37.3. The van der Waals surface area contributed by atoms with Crippen LogP contribution in [0.15, 0.2) is 509 Å². The summed E-state index contributed by atoms with van der Waals surface area (Å²) in [5.41, 5.74) is 28.6. The average molecular weight is 1830 g/mol. The van der Waals surface area contributed by atoms with Gasteiger partial charge in [-0.2, -0.15) is 0 Å². The van der Waals surface area contributed by atoms with E-state index in [-0.39, 0.29) is 0 Å². The second-order valence-corrected chi connectivity index (χ2v) is 37.3. The largest absolute Gasteiger partial charge is 0.453 e. The van der Waals surface area contributed by atoms with Crippen molar-refractivity contribution in [3.05, 3.63) is 491 Å². The summed E-state index contributed by atoms with van der Waals surface area (Å²) in [7, 11) is 0. The van der Waals surface area contributed by atoms with Crippen LogP contribution < -0.4 is 0 Å². The molecule has 0 aliphatic carbocycles. The monoisotopic (exact) mass is 1830 g/mol. The summed E-state index contributed by atoms with van der Waals surface area (Å²) < 4.78 is 44.7. The third-order valence-electron chi connectivity index (χ3n) is 29.5. The Bertz CT molecular complexity index is 10500. The molecule has 0 atom stereocenters. The third kappa shape index (κ3) is 12.3. The lowest BCUT2D eigenvalue weighted by atomic mass is 9.93. The van der Waals surface area contributed by atoms with Gasteiger partial charge in [-0.25, -0.2) is 0 Å². The average Bonchev–Trinajstić information content (AvgIpc) is 1.17. The van der Waals surface area contributed by atoms with E-state index in [9.17, 15) is 0 Å². The molecule has 0 fully saturated rings. The van der Waals surface area contributed by atoms with Crippen LogP contribution in [0.25, 0.3) is 280 Å². The highest BCUT2D eigenvalue weighted by Gasteiger charge is 2.26. The Morgan fingerprint density at radius 1 is 0.0909 bits per heavy atom. The van der Waals surface area contributed by atoms with Gasteiger partial charge in [-0.3, -0.25) is 0 Å². The van der Waals surface area contributed by atoms with Crippen LogP contribution in [0.5, 0.6) is 0 Å². The number of hydrogen-bond acceptors (Lipinski definition) is 4. The number of hydrogen-bond donors (Lipinski definition) is 0. The summed E-state index contributed by atoms with van der Waals surface area (Å²) in [6.45, 7) is 0. The Kier molecular flexibility index (Phi) is 17.6. The van der Waals surface area contributed by atoms with Crippen LogP contribution in [0, 0.1) is 0 Å². The Hall–Kier alpha value is -19.4. The molecule has 11 heteroatoms. The molecule has 7 aromatic heterocycles. The van der Waals surface area contributed by atoms with Crippen molar-refractivity contribution < 1.29 is 17.7 Å². The quantitative estimate of drug-likeness (QED) is 0.149. The topological polar surface area (TPSA) is 87.1 Å². The van der Waals surface area contributed by atoms with Gasteiger partial charge < -0.3 is 49.6 Å². The minimum atomic E-state index is 0.778. The molecule has 31 aromatic rings. The highest BCUT2D eigenvalue weighted by Crippen LogP contribution is 2.49. The SMILES string of the molecule is c1ccc(-n2c3ccccc3oc3cc4c5ccc(-n6c7ccccc7c7ccccc76)cc5c5cc6c(cc5c5ccc(-n7c8ccccc8c8ccccc87)cc5c4cc32)oc2ccccc2n6-c2ccccc2)cc1.c1ccc(-n2c3ccccc3oc3cc4c5ccc(-n6c7ccccc7c7ccccc76)cc5c5cc6c(cc5c5ccccc5c4cc32)oc2ccccc2n6-c2ccccc2)cc1. The van der Waals surface area contributed by atoms with E-state index in [1.54, 1.807) is 0 Å². The third-order valence-corrected chi connectivity index (χ3v) is 29.5. The summed E-state index contributed by atoms with van der Waals surface area (Å²) in [5, 5.41) is 24.9. The molecular weight excluding hydrogens is 1750 g/mol. The zero-order valence-electron chi connectivity index (χ0n) is 77.0. The fourth-order valence-electron chi connectivity index (χ4n) is 23.4. The van der Waals surface area contributed by atoms with Gasteiger partial charge in [-0.1, -0.05) is 273 Å². The van der Waals surface area contributed by atoms with Gasteiger partial charge in [0.1, 0.15) is 0 Å². The van der Waals surface area contributed by atoms with Crippen LogP contribution in [0.3, 0.4) is 0 Å². The minimum absolute atomic E-state index is 0.778. The molecule has 7 heterocycles. The van der Waals surface area contributed by atoms with E-state index in [1.165, 1.54) is 43.4 Å². The molecule has 143 heavy (non-hydrogen) atoms. The molecule has 0 unspecified atom stereocenters. The van der Waals surface area contributed by atoms with Crippen molar-refractivity contribution in [2.45, 2.75) is 0 Å². The maximum Gasteiger partial charge on any atom is 0.152 e. The van der Waals surface area contributed by atoms with Crippen LogP contribution >= 0.6 is 0 Å². The summed E-state index contributed by atoms with van der Waals surface area (Å²) in [6.07, 6.45) is 0. The van der Waals surface area contributed by atoms with Crippen molar-refractivity contribution >= 4 is 240 Å². The Morgan fingerprint density at radius 2 is 0.252 bits per heavy atom. The van der Waals surface area contributed by atoms with Crippen molar-refractivity contribution in [1.82, 2.24) is 32.0 Å². The molecule has 31 rings (SSSR count). The molecule has 668 valence electrons. The molecule has 0 saturated heterocycles. The first kappa shape index (κ1) is 79.8. The van der Waals surface area contributed by atoms with Crippen molar-refractivity contribution in [2.24, 2.45) is 0 Å². The van der Waals surface area contributed by atoms with Gasteiger partial charge in [0.15, 0.2) is 44.7 Å². The molecule has 0 aliphatic heterocycles. The maximum absolute atomic E-state index is 7.10. The molecule has 0 aliphatic rings. The van der Waals surface area contributed by atoms with Crippen LogP contribution in [-0.4, -0.2) is 32.0 Å². The first-order valence-corrected chi connectivity index (χ1v) is 48.7. The molecule has 11 nitrogen and oxygen atoms in total. The number of benzene rings is 22. The summed E-state index contributed by atoms with van der Waals surface area (Å²) in [5.74, 6) is 0. The standard InChI is InChI=1S/C72H44N4O2.C60H37N3O2/c1-3-19-45(20-4-1)73-65-31-15-17-33-69(65)77-71-43-59-50-38-36-48(76-63-29-13-9-25-53(63)54-26-10-14-30-64(54)76)40-56(50)58-42-68-72(78-70-34-18-16-32-66(70)74(68)46-21-5-2-6-22-46)44-60(58)49-37-35-47(39-55(49)57(59)41-67(71)73)75-61-27-11-7-23-51(61)52-24-8-12-28-62(52)75;1-3-17-38(18-4-1)61-53-27-13-15-29-57(53)65-60-37-50-43-32-31-40(63-51-25-11-9-23-44(51)45-24-10-12-26-52(45)63)33-46(43)48-35-56-59(36-49(48)42-22-8-7-21-41(42)47(50)34-55(60)61)64-58-30-16-14-28-54(58)62(56)39-19-5-2-6-20-39/h1-44H;1-37H. The van der Waals surface area contributed by atoms with Gasteiger partial charge in [0.25, 0.3) is 0 Å². The van der Waals surface area contributed by atoms with E-state index >= 15 is 0 Å². The summed E-state index contributed by atoms with van der Waals surface area (Å²) >= 11 is 0. The van der Waals surface area contributed by atoms with Gasteiger partial charge in [-0.05, 0) is 305 Å². The van der Waals surface area contributed by atoms with Gasteiger partial charge in [0.05, 0.1) is 77.2 Å². The van der Waals surface area contributed by atoms with Crippen molar-refractivity contribution in [3.63, 3.8) is 0 Å². The molecule has 0 N–H and O–H groups in total. The van der Waals surface area contributed by atoms with E-state index in [2.05, 4.69) is 511 Å². The molecule has 0 bridgehead atoms. The van der Waals surface area contributed by atoms with Crippen molar-refractivity contribution in [2.75, 3.05) is 0 Å². The molecule has 24 aromatic carbocycles. The van der Waals surface area contributed by atoms with Crippen LogP contribution in [0.4, 0.5) is 0 Å². The summed E-state index contributed by atoms with van der Waals surface area (Å²) in [6, 6.07) is 177. The predicted molar refractivity (Wildman–Crippen MR) is 595 cm³/mol. The smallest absolute Gasteiger partial charge is 0.152 e. The van der Waals surface area contributed by atoms with E-state index in [1.807, 2.05) is 12.1 Å². The molecule has 0 amide bonds. The Balaban J connectivity index is 0.000000136. The molecular formula is C132H81N7O4. The van der Waals surface area contributed by atoms with E-state index in [0.29, 0.717) is 0 Å². The number of aromatic nitrogens is 7. The van der Waals surface area contributed by atoms with Gasteiger partial charge in [0.2, 0.25) is 0 Å². The second kappa shape index (κ2) is 31.6. The first-order chi connectivity index (χ1) is 70.9. The molecule has 0 saturated carbocycles. The predicted octanol–water partition coefficient (Wildman–Crippen LogP) is 36.0. The van der Waals surface area contributed by atoms with Crippen molar-refractivity contribution in [1.29, 1.82) is 0 Å². The van der Waals surface area contributed by atoms with Gasteiger partial charge in [0, 0.05) is 72.1 Å². The zero-order chi connectivity index (χ0) is 93.6. The first-order valence-electron chi connectivity index (χ1n) is 48.7. The van der Waals surface area contributed by atoms with E-state index < -0.39 is 0 Å². The maximum atomic E-state index is 7.10. The lowest BCUT2D eigenvalue weighted by molar-refractivity contribution is 0.653. The highest BCUT2D eigenvalue weighted by molar-refractivity contribution is 6.31. The van der Waals surface area contributed by atoms with Gasteiger partial charge in [-0.15, -0.1) is 0 Å². The van der Waals surface area contributed by atoms with E-state index in [0.717, 1.165) is 237 Å². The minimum Gasteiger partial charge on any atom is -0.453 e. The number of para-hydroxylation sites is 18. The lowest BCUT2D eigenvalue weighted by Gasteiger charge is -2.19. The molecule has 0 spiro atoms. The van der Waals surface area contributed by atoms with Crippen LogP contribution in [0.1, 0.15) is 0 Å². The Labute approximate surface area is 815 Å². The number of fused-ring (bicyclic) bond motifs is 33. The zero-order valence-corrected chi connectivity index (χ0v) is 77.0. The number of nitrogens with zero attached hydrogens (tertiary/aromatic N) is 7. The fraction of sp³-hybridized carbons (Fsp3) is 0. The normalized spacial score (nSPS) is 12.1. The lowest BCUT2D eigenvalue weighted by Crippen LogP contribution is -2.00. The fourth-order valence-corrected chi connectivity index (χ4v) is 23.4. The Morgan fingerprint density at radius 3 is 0.483 bits per heavy atom. The highest BCUT2D eigenvalue weighted by atomic mass is 16.3. The molecule has 0 radical (unpaired) electrons. The number of rotatable bonds is 7. The van der Waals surface area contributed by atoms with E-state index in [4.69, 9.17) is 17.7 Å². The summed E-state index contributed by atoms with van der Waals surface area (Å²) in [4.78, 5) is 0.